The number of aromatic nitrogens is 1. The van der Waals surface area contributed by atoms with Crippen molar-refractivity contribution in [1.29, 1.82) is 0 Å². The summed E-state index contributed by atoms with van der Waals surface area (Å²) in [6, 6.07) is -0.846. The molecule has 32 heavy (non-hydrogen) atoms. The van der Waals surface area contributed by atoms with Gasteiger partial charge in [-0.1, -0.05) is 13.8 Å². The number of nitrogens with zero attached hydrogens (tertiary/aromatic N) is 1. The zero-order valence-electron chi connectivity index (χ0n) is 18.7. The molecule has 2 rings (SSSR count). The molecule has 1 aromatic heterocycles. The van der Waals surface area contributed by atoms with E-state index in [2.05, 4.69) is 15.6 Å². The van der Waals surface area contributed by atoms with Gasteiger partial charge in [-0.05, 0) is 12.3 Å². The number of ether oxygens (including phenoxy) is 3. The SMILES string of the molecule is COCCOCCOC(=O)NC(C(=O)CC1Cc2scnc2CCNC(=O)C1=O)C(C)C. The number of hydrogen-bond donors (Lipinski definition) is 2. The Labute approximate surface area is 191 Å². The van der Waals surface area contributed by atoms with Crippen LogP contribution in [-0.4, -0.2) is 74.7 Å². The minimum absolute atomic E-state index is 0.0317. The number of hydrogen-bond acceptors (Lipinski definition) is 9. The van der Waals surface area contributed by atoms with Crippen LogP contribution in [0, 0.1) is 11.8 Å². The molecule has 0 fully saturated rings. The van der Waals surface area contributed by atoms with E-state index in [4.69, 9.17) is 14.2 Å². The van der Waals surface area contributed by atoms with Crippen LogP contribution >= 0.6 is 11.3 Å². The third kappa shape index (κ3) is 7.95. The summed E-state index contributed by atoms with van der Waals surface area (Å²) in [5.74, 6) is -2.69. The van der Waals surface area contributed by atoms with Crippen LogP contribution in [0.3, 0.4) is 0 Å². The lowest BCUT2D eigenvalue weighted by atomic mass is 9.87. The predicted molar refractivity (Wildman–Crippen MR) is 116 cm³/mol. The van der Waals surface area contributed by atoms with Gasteiger partial charge >= 0.3 is 6.09 Å². The van der Waals surface area contributed by atoms with Crippen molar-refractivity contribution >= 4 is 34.9 Å². The first-order chi connectivity index (χ1) is 15.3. The van der Waals surface area contributed by atoms with Gasteiger partial charge in [0, 0.05) is 37.3 Å². The number of rotatable bonds is 11. The summed E-state index contributed by atoms with van der Waals surface area (Å²) in [5.41, 5.74) is 2.53. The van der Waals surface area contributed by atoms with Crippen molar-refractivity contribution in [3.63, 3.8) is 0 Å². The van der Waals surface area contributed by atoms with Crippen molar-refractivity contribution < 1.29 is 33.4 Å². The number of amides is 2. The molecule has 0 spiro atoms. The van der Waals surface area contributed by atoms with Crippen molar-refractivity contribution in [2.45, 2.75) is 39.2 Å². The molecular weight excluding hydrogens is 438 g/mol. The van der Waals surface area contributed by atoms with Crippen molar-refractivity contribution in [3.05, 3.63) is 16.1 Å². The van der Waals surface area contributed by atoms with Crippen LogP contribution in [0.4, 0.5) is 4.79 Å². The Kier molecular flexibility index (Phi) is 10.7. The molecule has 2 amide bonds. The maximum Gasteiger partial charge on any atom is 0.407 e. The van der Waals surface area contributed by atoms with E-state index < -0.39 is 29.7 Å². The number of nitrogens with one attached hydrogen (secondary N) is 2. The first kappa shape index (κ1) is 25.9. The number of methoxy groups -OCH3 is 1. The van der Waals surface area contributed by atoms with E-state index in [9.17, 15) is 19.2 Å². The molecule has 1 aliphatic rings. The highest BCUT2D eigenvalue weighted by Crippen LogP contribution is 2.23. The standard InChI is InChI=1S/C21H31N3O7S/c1-13(2)18(24-21(28)31-9-8-30-7-6-29-3)16(25)10-14-11-17-15(23-12-32-17)4-5-22-20(27)19(14)26/h12-14,18H,4-11H2,1-3H3,(H,22,27)(H,24,28). The first-order valence-electron chi connectivity index (χ1n) is 10.6. The summed E-state index contributed by atoms with van der Waals surface area (Å²) in [6.45, 7) is 4.96. The molecule has 2 unspecified atom stereocenters. The molecule has 10 nitrogen and oxygen atoms in total. The summed E-state index contributed by atoms with van der Waals surface area (Å²) in [6.07, 6.45) is -0.0927. The molecule has 11 heteroatoms. The number of fused-ring (bicyclic) bond motifs is 1. The Morgan fingerprint density at radius 1 is 1.25 bits per heavy atom. The predicted octanol–water partition coefficient (Wildman–Crippen LogP) is 0.916. The highest BCUT2D eigenvalue weighted by Gasteiger charge is 2.34. The maximum absolute atomic E-state index is 13.0. The summed E-state index contributed by atoms with van der Waals surface area (Å²) in [5, 5.41) is 5.17. The van der Waals surface area contributed by atoms with Gasteiger partial charge in [0.25, 0.3) is 5.91 Å². The highest BCUT2D eigenvalue weighted by molar-refractivity contribution is 7.09. The van der Waals surface area contributed by atoms with Crippen LogP contribution in [0.1, 0.15) is 30.8 Å². The van der Waals surface area contributed by atoms with E-state index in [0.717, 1.165) is 10.6 Å². The Balaban J connectivity index is 1.97. The molecule has 1 aliphatic heterocycles. The lowest BCUT2D eigenvalue weighted by Crippen LogP contribution is -2.46. The van der Waals surface area contributed by atoms with Gasteiger partial charge in [-0.25, -0.2) is 9.78 Å². The maximum atomic E-state index is 13.0. The lowest BCUT2D eigenvalue weighted by molar-refractivity contribution is -0.141. The van der Waals surface area contributed by atoms with E-state index in [1.54, 1.807) is 26.5 Å². The molecule has 0 bridgehead atoms. The Morgan fingerprint density at radius 3 is 2.72 bits per heavy atom. The molecule has 0 aliphatic carbocycles. The smallest absolute Gasteiger partial charge is 0.407 e. The number of Topliss-reactive ketones (excluding diaryl/α,β-unsaturated/α-hetero) is 2. The van der Waals surface area contributed by atoms with E-state index in [-0.39, 0.29) is 37.8 Å². The van der Waals surface area contributed by atoms with Crippen LogP contribution in [0.25, 0.3) is 0 Å². The largest absolute Gasteiger partial charge is 0.447 e. The van der Waals surface area contributed by atoms with E-state index in [0.29, 0.717) is 26.2 Å². The van der Waals surface area contributed by atoms with Crippen LogP contribution in [0.2, 0.25) is 0 Å². The molecule has 0 aromatic carbocycles. The third-order valence-electron chi connectivity index (χ3n) is 5.03. The molecular formula is C21H31N3O7S. The highest BCUT2D eigenvalue weighted by atomic mass is 32.1. The second-order valence-electron chi connectivity index (χ2n) is 7.77. The minimum atomic E-state index is -0.846. The topological polar surface area (TPSA) is 133 Å². The number of thiazole rings is 1. The molecule has 0 saturated carbocycles. The quantitative estimate of drug-likeness (QED) is 0.361. The minimum Gasteiger partial charge on any atom is -0.447 e. The number of carbonyl (C=O) groups is 4. The van der Waals surface area contributed by atoms with Crippen molar-refractivity contribution in [2.24, 2.45) is 11.8 Å². The molecule has 0 radical (unpaired) electrons. The second-order valence-corrected chi connectivity index (χ2v) is 8.71. The normalized spacial score (nSPS) is 17.6. The first-order valence-corrected chi connectivity index (χ1v) is 11.5. The van der Waals surface area contributed by atoms with Gasteiger partial charge in [-0.15, -0.1) is 11.3 Å². The molecule has 0 saturated heterocycles. The fourth-order valence-corrected chi connectivity index (χ4v) is 4.20. The van der Waals surface area contributed by atoms with Crippen LogP contribution in [-0.2, 0) is 41.4 Å². The van der Waals surface area contributed by atoms with Gasteiger partial charge in [0.15, 0.2) is 5.78 Å². The zero-order chi connectivity index (χ0) is 23.5. The van der Waals surface area contributed by atoms with Gasteiger partial charge in [0.1, 0.15) is 6.61 Å². The number of alkyl carbamates (subject to hydrolysis) is 1. The molecule has 1 aromatic rings. The van der Waals surface area contributed by atoms with Gasteiger partial charge in [0.05, 0.1) is 37.1 Å². The summed E-state index contributed by atoms with van der Waals surface area (Å²) >= 11 is 1.41. The average molecular weight is 470 g/mol. The van der Waals surface area contributed by atoms with Crippen molar-refractivity contribution in [1.82, 2.24) is 15.6 Å². The number of carbonyl (C=O) groups excluding carboxylic acids is 4. The van der Waals surface area contributed by atoms with Crippen LogP contribution in [0.15, 0.2) is 5.51 Å². The van der Waals surface area contributed by atoms with E-state index in [1.807, 2.05) is 0 Å². The van der Waals surface area contributed by atoms with Gasteiger partial charge in [0.2, 0.25) is 5.78 Å². The van der Waals surface area contributed by atoms with Gasteiger partial charge < -0.3 is 24.8 Å². The lowest BCUT2D eigenvalue weighted by Gasteiger charge is -2.23. The Bertz CT molecular complexity index is 796. The van der Waals surface area contributed by atoms with Crippen LogP contribution in [0.5, 0.6) is 0 Å². The Morgan fingerprint density at radius 2 is 2.00 bits per heavy atom. The molecule has 2 atom stereocenters. The number of ketones is 2. The van der Waals surface area contributed by atoms with Gasteiger partial charge in [-0.3, -0.25) is 14.4 Å². The Hall–Kier alpha value is -2.37. The average Bonchev–Trinajstić information content (AvgIpc) is 3.20. The molecule has 2 N–H and O–H groups in total. The van der Waals surface area contributed by atoms with Crippen LogP contribution < -0.4 is 10.6 Å². The zero-order valence-corrected chi connectivity index (χ0v) is 19.5. The van der Waals surface area contributed by atoms with Crippen molar-refractivity contribution in [2.75, 3.05) is 40.1 Å². The fraction of sp³-hybridized carbons (Fsp3) is 0.667. The molecule has 2 heterocycles. The van der Waals surface area contributed by atoms with Crippen molar-refractivity contribution in [3.8, 4) is 0 Å². The summed E-state index contributed by atoms with van der Waals surface area (Å²) < 4.78 is 15.1. The summed E-state index contributed by atoms with van der Waals surface area (Å²) in [7, 11) is 1.56. The second kappa shape index (κ2) is 13.2. The third-order valence-corrected chi connectivity index (χ3v) is 5.92. The fourth-order valence-electron chi connectivity index (χ4n) is 3.31. The van der Waals surface area contributed by atoms with E-state index >= 15 is 0 Å². The van der Waals surface area contributed by atoms with Gasteiger partial charge in [-0.2, -0.15) is 0 Å². The molecule has 178 valence electrons. The monoisotopic (exact) mass is 469 g/mol. The van der Waals surface area contributed by atoms with E-state index in [1.165, 1.54) is 11.3 Å². The summed E-state index contributed by atoms with van der Waals surface area (Å²) in [4.78, 5) is 55.2.